The van der Waals surface area contributed by atoms with Gasteiger partial charge < -0.3 is 10.2 Å². The van der Waals surface area contributed by atoms with Crippen molar-refractivity contribution in [2.75, 3.05) is 18.0 Å². The molecule has 1 saturated heterocycles. The summed E-state index contributed by atoms with van der Waals surface area (Å²) in [6.45, 7) is 1.50. The second-order valence-corrected chi connectivity index (χ2v) is 8.68. The molecule has 2 aromatic carbocycles. The molecular formula is C26H27FN4O. The molecule has 1 aliphatic heterocycles. The standard InChI is InChI=1S/C26H27FN4O/c27-21-12-10-19(11-13-21)25-28-15-14-24(30-25)31-16-4-7-20(17-31)26(32)29-23-9-3-6-18-5-1-2-8-22(18)23/h1-2,5,8,10-15,20,23H,3-4,6-7,9,16-17H2,(H,29,32). The highest BCUT2D eigenvalue weighted by Crippen LogP contribution is 2.31. The van der Waals surface area contributed by atoms with Crippen LogP contribution in [-0.4, -0.2) is 29.0 Å². The number of nitrogens with one attached hydrogen (secondary N) is 1. The van der Waals surface area contributed by atoms with Gasteiger partial charge in [-0.1, -0.05) is 24.3 Å². The number of benzene rings is 2. The highest BCUT2D eigenvalue weighted by atomic mass is 19.1. The molecule has 0 saturated carbocycles. The van der Waals surface area contributed by atoms with E-state index < -0.39 is 0 Å². The van der Waals surface area contributed by atoms with Crippen molar-refractivity contribution in [2.45, 2.75) is 38.1 Å². The van der Waals surface area contributed by atoms with Crippen molar-refractivity contribution in [1.82, 2.24) is 15.3 Å². The van der Waals surface area contributed by atoms with Crippen LogP contribution in [0.4, 0.5) is 10.2 Å². The van der Waals surface area contributed by atoms with Gasteiger partial charge in [0.05, 0.1) is 12.0 Å². The molecule has 0 radical (unpaired) electrons. The maximum atomic E-state index is 13.3. The molecule has 5 rings (SSSR count). The molecule has 164 valence electrons. The molecular weight excluding hydrogens is 403 g/mol. The van der Waals surface area contributed by atoms with Gasteiger partial charge in [0.25, 0.3) is 0 Å². The summed E-state index contributed by atoms with van der Waals surface area (Å²) in [6.07, 6.45) is 6.73. The van der Waals surface area contributed by atoms with Crippen LogP contribution in [0.25, 0.3) is 11.4 Å². The zero-order valence-corrected chi connectivity index (χ0v) is 18.0. The molecule has 0 spiro atoms. The molecule has 2 heterocycles. The highest BCUT2D eigenvalue weighted by Gasteiger charge is 2.29. The molecule has 2 atom stereocenters. The summed E-state index contributed by atoms with van der Waals surface area (Å²) in [5.41, 5.74) is 3.39. The third kappa shape index (κ3) is 4.35. The van der Waals surface area contributed by atoms with Crippen molar-refractivity contribution in [3.05, 3.63) is 77.7 Å². The lowest BCUT2D eigenvalue weighted by molar-refractivity contribution is -0.126. The number of anilines is 1. The lowest BCUT2D eigenvalue weighted by Crippen LogP contribution is -2.44. The van der Waals surface area contributed by atoms with Crippen LogP contribution in [0.15, 0.2) is 60.8 Å². The van der Waals surface area contributed by atoms with Crippen molar-refractivity contribution in [1.29, 1.82) is 0 Å². The molecule has 6 heteroatoms. The minimum atomic E-state index is -0.282. The van der Waals surface area contributed by atoms with Gasteiger partial charge in [-0.2, -0.15) is 0 Å². The first kappa shape index (κ1) is 20.6. The summed E-state index contributed by atoms with van der Waals surface area (Å²) in [5, 5.41) is 3.33. The van der Waals surface area contributed by atoms with E-state index in [1.54, 1.807) is 18.3 Å². The van der Waals surface area contributed by atoms with Gasteiger partial charge in [-0.15, -0.1) is 0 Å². The number of piperidine rings is 1. The smallest absolute Gasteiger partial charge is 0.225 e. The average molecular weight is 431 g/mol. The first-order valence-electron chi connectivity index (χ1n) is 11.4. The molecule has 2 aliphatic rings. The Kier molecular flexibility index (Phi) is 5.84. The van der Waals surface area contributed by atoms with Gasteiger partial charge >= 0.3 is 0 Å². The van der Waals surface area contributed by atoms with Crippen molar-refractivity contribution in [3.63, 3.8) is 0 Å². The fraction of sp³-hybridized carbons (Fsp3) is 0.346. The van der Waals surface area contributed by atoms with Gasteiger partial charge in [0.1, 0.15) is 11.6 Å². The minimum absolute atomic E-state index is 0.0675. The Hall–Kier alpha value is -3.28. The molecule has 1 N–H and O–H groups in total. The van der Waals surface area contributed by atoms with E-state index in [1.165, 1.54) is 23.3 Å². The van der Waals surface area contributed by atoms with Crippen molar-refractivity contribution < 1.29 is 9.18 Å². The van der Waals surface area contributed by atoms with Crippen LogP contribution in [0.3, 0.4) is 0 Å². The normalized spacial score (nSPS) is 20.5. The predicted molar refractivity (Wildman–Crippen MR) is 123 cm³/mol. The monoisotopic (exact) mass is 430 g/mol. The maximum Gasteiger partial charge on any atom is 0.225 e. The summed E-state index contributed by atoms with van der Waals surface area (Å²) in [6, 6.07) is 16.6. The second-order valence-electron chi connectivity index (χ2n) is 8.68. The number of hydrogen-bond acceptors (Lipinski definition) is 4. The number of hydrogen-bond donors (Lipinski definition) is 1. The van der Waals surface area contributed by atoms with E-state index >= 15 is 0 Å². The number of amides is 1. The average Bonchev–Trinajstić information content (AvgIpc) is 2.85. The zero-order valence-electron chi connectivity index (χ0n) is 18.0. The van der Waals surface area contributed by atoms with Gasteiger partial charge in [0, 0.05) is 24.8 Å². The summed E-state index contributed by atoms with van der Waals surface area (Å²) in [5.74, 6) is 1.15. The lowest BCUT2D eigenvalue weighted by Gasteiger charge is -2.34. The number of carbonyl (C=O) groups excluding carboxylic acids is 1. The van der Waals surface area contributed by atoms with Crippen molar-refractivity contribution in [3.8, 4) is 11.4 Å². The lowest BCUT2D eigenvalue weighted by atomic mass is 9.87. The van der Waals surface area contributed by atoms with Crippen LogP contribution >= 0.6 is 0 Å². The van der Waals surface area contributed by atoms with Crippen LogP contribution < -0.4 is 10.2 Å². The molecule has 1 aliphatic carbocycles. The van der Waals surface area contributed by atoms with Gasteiger partial charge in [-0.3, -0.25) is 4.79 Å². The molecule has 32 heavy (non-hydrogen) atoms. The molecule has 1 amide bonds. The van der Waals surface area contributed by atoms with Crippen LogP contribution in [0.5, 0.6) is 0 Å². The Labute approximate surface area is 187 Å². The van der Waals surface area contributed by atoms with E-state index in [2.05, 4.69) is 39.5 Å². The quantitative estimate of drug-likeness (QED) is 0.652. The Balaban J connectivity index is 1.28. The topological polar surface area (TPSA) is 58.1 Å². The minimum Gasteiger partial charge on any atom is -0.356 e. The summed E-state index contributed by atoms with van der Waals surface area (Å²) in [4.78, 5) is 24.4. The SMILES string of the molecule is O=C(NC1CCCc2ccccc21)C1CCCN(c2ccnc(-c3ccc(F)cc3)n2)C1. The molecule has 3 aromatic rings. The fourth-order valence-electron chi connectivity index (χ4n) is 4.86. The van der Waals surface area contributed by atoms with Crippen LogP contribution in [0, 0.1) is 11.7 Å². The first-order chi connectivity index (χ1) is 15.7. The Bertz CT molecular complexity index is 1100. The molecule has 0 bridgehead atoms. The Morgan fingerprint density at radius 2 is 1.88 bits per heavy atom. The Morgan fingerprint density at radius 1 is 1.03 bits per heavy atom. The largest absolute Gasteiger partial charge is 0.356 e. The number of aryl methyl sites for hydroxylation is 1. The third-order valence-electron chi connectivity index (χ3n) is 6.55. The fourth-order valence-corrected chi connectivity index (χ4v) is 4.86. The number of nitrogens with zero attached hydrogens (tertiary/aromatic N) is 3. The van der Waals surface area contributed by atoms with Gasteiger partial charge in [-0.05, 0) is 73.6 Å². The first-order valence-corrected chi connectivity index (χ1v) is 11.4. The number of halogens is 1. The van der Waals surface area contributed by atoms with Gasteiger partial charge in [0.15, 0.2) is 5.82 Å². The van der Waals surface area contributed by atoms with E-state index in [4.69, 9.17) is 4.98 Å². The van der Waals surface area contributed by atoms with E-state index in [1.807, 2.05) is 6.07 Å². The maximum absolute atomic E-state index is 13.3. The number of carbonyl (C=O) groups is 1. The number of rotatable bonds is 4. The van der Waals surface area contributed by atoms with E-state index in [0.29, 0.717) is 12.4 Å². The zero-order chi connectivity index (χ0) is 21.9. The summed E-state index contributed by atoms with van der Waals surface area (Å²) < 4.78 is 13.3. The highest BCUT2D eigenvalue weighted by molar-refractivity contribution is 5.80. The molecule has 2 unspecified atom stereocenters. The number of aromatic nitrogens is 2. The van der Waals surface area contributed by atoms with Crippen molar-refractivity contribution >= 4 is 11.7 Å². The Morgan fingerprint density at radius 3 is 2.75 bits per heavy atom. The molecule has 5 nitrogen and oxygen atoms in total. The molecule has 1 aromatic heterocycles. The van der Waals surface area contributed by atoms with E-state index in [0.717, 1.165) is 50.0 Å². The van der Waals surface area contributed by atoms with Gasteiger partial charge in [-0.25, -0.2) is 14.4 Å². The van der Waals surface area contributed by atoms with Crippen LogP contribution in [0.1, 0.15) is 42.9 Å². The predicted octanol–water partition coefficient (Wildman–Crippen LogP) is 4.69. The van der Waals surface area contributed by atoms with Crippen LogP contribution in [-0.2, 0) is 11.2 Å². The summed E-state index contributed by atoms with van der Waals surface area (Å²) in [7, 11) is 0. The molecule has 1 fully saturated rings. The second kappa shape index (κ2) is 9.07. The van der Waals surface area contributed by atoms with E-state index in [-0.39, 0.29) is 23.7 Å². The van der Waals surface area contributed by atoms with Crippen molar-refractivity contribution in [2.24, 2.45) is 5.92 Å². The van der Waals surface area contributed by atoms with E-state index in [9.17, 15) is 9.18 Å². The third-order valence-corrected chi connectivity index (χ3v) is 6.55. The number of fused-ring (bicyclic) bond motifs is 1. The summed E-state index contributed by atoms with van der Waals surface area (Å²) >= 11 is 0. The van der Waals surface area contributed by atoms with Gasteiger partial charge in [0.2, 0.25) is 5.91 Å². The van der Waals surface area contributed by atoms with Crippen LogP contribution in [0.2, 0.25) is 0 Å².